The topological polar surface area (TPSA) is 44.6 Å². The van der Waals surface area contributed by atoms with Crippen molar-refractivity contribution in [3.05, 3.63) is 28.2 Å². The molecule has 0 heterocycles. The van der Waals surface area contributed by atoms with E-state index in [2.05, 4.69) is 20.3 Å². The molecule has 0 aliphatic carbocycles. The summed E-state index contributed by atoms with van der Waals surface area (Å²) in [6.45, 7) is 5.67. The third-order valence-electron chi connectivity index (χ3n) is 2.00. The lowest BCUT2D eigenvalue weighted by molar-refractivity contribution is 0.412. The van der Waals surface area contributed by atoms with Crippen molar-refractivity contribution >= 4 is 33.5 Å². The first-order valence-corrected chi connectivity index (χ1v) is 7.04. The number of ether oxygens (including phenoxy) is 1. The fraction of sp³-hybridized carbons (Fsp3) is 0.417. The minimum absolute atomic E-state index is 0.337. The van der Waals surface area contributed by atoms with Crippen LogP contribution >= 0.6 is 15.9 Å². The normalized spacial score (nSPS) is 14.0. The van der Waals surface area contributed by atoms with Crippen molar-refractivity contribution in [2.45, 2.75) is 25.5 Å². The van der Waals surface area contributed by atoms with Crippen molar-refractivity contribution in [3.63, 3.8) is 0 Å². The third kappa shape index (κ3) is 4.33. The van der Waals surface area contributed by atoms with Crippen LogP contribution in [0.25, 0.3) is 0 Å². The van der Waals surface area contributed by atoms with Crippen LogP contribution in [-0.4, -0.2) is 22.6 Å². The zero-order chi connectivity index (χ0) is 13.1. The Bertz CT molecular complexity index is 415. The van der Waals surface area contributed by atoms with Crippen LogP contribution < -0.4 is 4.74 Å². The summed E-state index contributed by atoms with van der Waals surface area (Å²) in [5.41, 5.74) is 0.864. The molecule has 1 aromatic carbocycles. The van der Waals surface area contributed by atoms with Gasteiger partial charge in [0.2, 0.25) is 0 Å². The van der Waals surface area contributed by atoms with E-state index in [1.165, 1.54) is 0 Å². The smallest absolute Gasteiger partial charge is 0.144 e. The lowest BCUT2D eigenvalue weighted by atomic mass is 10.2. The number of hydrogen-bond acceptors (Lipinski definition) is 3. The number of methoxy groups -OCH3 is 1. The zero-order valence-electron chi connectivity index (χ0n) is 10.4. The van der Waals surface area contributed by atoms with Crippen LogP contribution in [0.1, 0.15) is 26.3 Å². The Morgan fingerprint density at radius 3 is 2.59 bits per heavy atom. The summed E-state index contributed by atoms with van der Waals surface area (Å²) in [4.78, 5) is 0. The van der Waals surface area contributed by atoms with Crippen LogP contribution in [0.15, 0.2) is 27.1 Å². The van der Waals surface area contributed by atoms with E-state index in [-0.39, 0.29) is 4.75 Å². The van der Waals surface area contributed by atoms with Crippen LogP contribution in [0.5, 0.6) is 5.75 Å². The first-order chi connectivity index (χ1) is 7.84. The highest BCUT2D eigenvalue weighted by Crippen LogP contribution is 2.25. The molecule has 0 bridgehead atoms. The predicted molar refractivity (Wildman–Crippen MR) is 76.2 cm³/mol. The largest absolute Gasteiger partial charge is 0.591 e. The number of benzene rings is 1. The molecule has 0 fully saturated rings. The van der Waals surface area contributed by atoms with Crippen molar-refractivity contribution in [3.8, 4) is 5.75 Å². The predicted octanol–water partition coefficient (Wildman–Crippen LogP) is 3.34. The van der Waals surface area contributed by atoms with Crippen LogP contribution in [0.3, 0.4) is 0 Å². The molecular weight excluding hydrogens is 302 g/mol. The molecule has 0 aromatic heterocycles. The van der Waals surface area contributed by atoms with Gasteiger partial charge in [-0.05, 0) is 48.8 Å². The van der Waals surface area contributed by atoms with Crippen molar-refractivity contribution in [2.24, 2.45) is 4.40 Å². The summed E-state index contributed by atoms with van der Waals surface area (Å²) in [5.74, 6) is 0.732. The third-order valence-corrected chi connectivity index (χ3v) is 4.00. The highest BCUT2D eigenvalue weighted by molar-refractivity contribution is 9.10. The van der Waals surface area contributed by atoms with Crippen LogP contribution in [0, 0.1) is 0 Å². The van der Waals surface area contributed by atoms with Gasteiger partial charge in [-0.15, -0.1) is 0 Å². The molecule has 1 rings (SSSR count). The summed E-state index contributed by atoms with van der Waals surface area (Å²) < 4.78 is 21.5. The average molecular weight is 318 g/mol. The summed E-state index contributed by atoms with van der Waals surface area (Å²) in [5, 5.41) is 0. The van der Waals surface area contributed by atoms with Crippen molar-refractivity contribution in [1.82, 2.24) is 0 Å². The van der Waals surface area contributed by atoms with Gasteiger partial charge in [0, 0.05) is 5.56 Å². The molecule has 94 valence electrons. The fourth-order valence-corrected chi connectivity index (χ4v) is 1.97. The second-order valence-electron chi connectivity index (χ2n) is 4.49. The van der Waals surface area contributed by atoms with Gasteiger partial charge in [-0.25, -0.2) is 0 Å². The first kappa shape index (κ1) is 14.5. The summed E-state index contributed by atoms with van der Waals surface area (Å²) in [6.07, 6.45) is 1.61. The molecule has 0 aliphatic rings. The van der Waals surface area contributed by atoms with E-state index < -0.39 is 11.4 Å². The molecule has 5 heteroatoms. The van der Waals surface area contributed by atoms with Crippen molar-refractivity contribution in [2.75, 3.05) is 7.11 Å². The molecular formula is C12H16BrNO2S. The molecule has 0 aliphatic heterocycles. The average Bonchev–Trinajstić information content (AvgIpc) is 2.26. The van der Waals surface area contributed by atoms with Crippen molar-refractivity contribution in [1.29, 1.82) is 0 Å². The summed E-state index contributed by atoms with van der Waals surface area (Å²) >= 11 is 2.14. The van der Waals surface area contributed by atoms with E-state index in [0.717, 1.165) is 15.8 Å². The highest BCUT2D eigenvalue weighted by atomic mass is 79.9. The second kappa shape index (κ2) is 5.89. The molecule has 0 radical (unpaired) electrons. The Hall–Kier alpha value is -0.520. The number of halogens is 1. The van der Waals surface area contributed by atoms with Gasteiger partial charge in [0.1, 0.15) is 21.9 Å². The van der Waals surface area contributed by atoms with Crippen LogP contribution in [0.2, 0.25) is 0 Å². The van der Waals surface area contributed by atoms with E-state index in [1.807, 2.05) is 39.0 Å². The van der Waals surface area contributed by atoms with Crippen LogP contribution in [-0.2, 0) is 11.4 Å². The molecule has 0 unspecified atom stereocenters. The Kier molecular flexibility index (Phi) is 5.04. The summed E-state index contributed by atoms with van der Waals surface area (Å²) in [7, 11) is 1.61. The minimum atomic E-state index is -1.23. The van der Waals surface area contributed by atoms with Crippen molar-refractivity contribution < 1.29 is 9.29 Å². The quantitative estimate of drug-likeness (QED) is 0.634. The Morgan fingerprint density at radius 2 is 2.06 bits per heavy atom. The van der Waals surface area contributed by atoms with Gasteiger partial charge >= 0.3 is 0 Å². The van der Waals surface area contributed by atoms with E-state index in [4.69, 9.17) is 4.74 Å². The molecule has 0 spiro atoms. The van der Waals surface area contributed by atoms with E-state index in [9.17, 15) is 4.55 Å². The standard InChI is InChI=1S/C12H16BrNO2S/c1-12(2,3)17(15)14-8-9-5-6-10(13)11(7-9)16-4/h5-8H,1-4H3/t17-/m1/s1. The fourth-order valence-electron chi connectivity index (χ4n) is 1.02. The Balaban J connectivity index is 2.85. The van der Waals surface area contributed by atoms with Gasteiger partial charge in [0.25, 0.3) is 0 Å². The molecule has 0 saturated carbocycles. The number of nitrogens with zero attached hydrogens (tertiary/aromatic N) is 1. The van der Waals surface area contributed by atoms with Crippen LogP contribution in [0.4, 0.5) is 0 Å². The maximum absolute atomic E-state index is 11.7. The highest BCUT2D eigenvalue weighted by Gasteiger charge is 2.25. The van der Waals surface area contributed by atoms with E-state index in [1.54, 1.807) is 13.3 Å². The minimum Gasteiger partial charge on any atom is -0.591 e. The SMILES string of the molecule is COc1cc(C=N[S@+]([O-])C(C)(C)C)ccc1Br. The Labute approximate surface area is 114 Å². The van der Waals surface area contributed by atoms with Gasteiger partial charge in [-0.1, -0.05) is 10.5 Å². The zero-order valence-corrected chi connectivity index (χ0v) is 12.8. The van der Waals surface area contributed by atoms with Gasteiger partial charge in [0.05, 0.1) is 17.8 Å². The summed E-state index contributed by atoms with van der Waals surface area (Å²) in [6, 6.07) is 5.60. The molecule has 0 saturated heterocycles. The Morgan fingerprint density at radius 1 is 1.41 bits per heavy atom. The van der Waals surface area contributed by atoms with Gasteiger partial charge in [0.15, 0.2) is 0 Å². The monoisotopic (exact) mass is 317 g/mol. The van der Waals surface area contributed by atoms with Gasteiger partial charge in [-0.3, -0.25) is 0 Å². The maximum atomic E-state index is 11.7. The molecule has 3 nitrogen and oxygen atoms in total. The number of hydrogen-bond donors (Lipinski definition) is 0. The molecule has 0 N–H and O–H groups in total. The molecule has 1 atom stereocenters. The lowest BCUT2D eigenvalue weighted by Crippen LogP contribution is -2.25. The lowest BCUT2D eigenvalue weighted by Gasteiger charge is -2.17. The first-order valence-electron chi connectivity index (χ1n) is 5.14. The van der Waals surface area contributed by atoms with Gasteiger partial charge < -0.3 is 9.29 Å². The van der Waals surface area contributed by atoms with Gasteiger partial charge in [-0.2, -0.15) is 0 Å². The second-order valence-corrected chi connectivity index (χ2v) is 7.28. The maximum Gasteiger partial charge on any atom is 0.144 e. The number of rotatable bonds is 3. The molecule has 1 aromatic rings. The van der Waals surface area contributed by atoms with E-state index >= 15 is 0 Å². The molecule has 0 amide bonds. The van der Waals surface area contributed by atoms with E-state index in [0.29, 0.717) is 0 Å². The molecule has 17 heavy (non-hydrogen) atoms.